The van der Waals surface area contributed by atoms with Crippen LogP contribution in [0.3, 0.4) is 0 Å². The molecule has 0 unspecified atom stereocenters. The van der Waals surface area contributed by atoms with Crippen LogP contribution in [-0.4, -0.2) is 34.0 Å². The monoisotopic (exact) mass is 227 g/mol. The summed E-state index contributed by atoms with van der Waals surface area (Å²) in [5.41, 5.74) is 0. The van der Waals surface area contributed by atoms with Crippen LogP contribution < -0.4 is 4.90 Å². The Balaban J connectivity index is 2.11. The molecule has 0 saturated heterocycles. The van der Waals surface area contributed by atoms with Gasteiger partial charge in [0.25, 0.3) is 5.95 Å². The van der Waals surface area contributed by atoms with Crippen LogP contribution in [0.1, 0.15) is 5.89 Å². The maximum Gasteiger partial charge on any atom is 0.265 e. The number of rotatable bonds is 3. The van der Waals surface area contributed by atoms with Crippen molar-refractivity contribution < 1.29 is 4.52 Å². The zero-order chi connectivity index (χ0) is 10.8. The summed E-state index contributed by atoms with van der Waals surface area (Å²) < 4.78 is 6.67. The summed E-state index contributed by atoms with van der Waals surface area (Å²) in [6.07, 6.45) is 3.26. The Hall–Kier alpha value is -1.56. The summed E-state index contributed by atoms with van der Waals surface area (Å²) in [6.45, 7) is 0.424. The first-order valence-electron chi connectivity index (χ1n) is 4.33. The van der Waals surface area contributed by atoms with Gasteiger partial charge in [0.2, 0.25) is 5.89 Å². The Morgan fingerprint density at radius 3 is 2.87 bits per heavy atom. The molecule has 0 aliphatic heterocycles. The van der Waals surface area contributed by atoms with Gasteiger partial charge in [-0.2, -0.15) is 10.1 Å². The normalized spacial score (nSPS) is 10.6. The molecule has 0 fully saturated rings. The zero-order valence-electron chi connectivity index (χ0n) is 8.38. The van der Waals surface area contributed by atoms with Crippen LogP contribution in [0.15, 0.2) is 16.9 Å². The van der Waals surface area contributed by atoms with Gasteiger partial charge in [-0.05, 0) is 5.16 Å². The molecule has 0 aliphatic rings. The molecular weight excluding hydrogens is 218 g/mol. The van der Waals surface area contributed by atoms with E-state index in [9.17, 15) is 0 Å². The van der Waals surface area contributed by atoms with Crippen molar-refractivity contribution in [3.8, 4) is 0 Å². The summed E-state index contributed by atoms with van der Waals surface area (Å²) in [7, 11) is 3.69. The van der Waals surface area contributed by atoms with Crippen LogP contribution in [0.25, 0.3) is 0 Å². The molecule has 6 nitrogen and oxygen atoms in total. The van der Waals surface area contributed by atoms with Gasteiger partial charge in [-0.1, -0.05) is 11.6 Å². The third kappa shape index (κ3) is 2.27. The minimum absolute atomic E-state index is 0.424. The summed E-state index contributed by atoms with van der Waals surface area (Å²) in [5.74, 6) is 1.04. The van der Waals surface area contributed by atoms with Crippen molar-refractivity contribution in [3.05, 3.63) is 23.3 Å². The lowest BCUT2D eigenvalue weighted by Gasteiger charge is -2.02. The molecule has 0 saturated carbocycles. The van der Waals surface area contributed by atoms with E-state index in [1.54, 1.807) is 22.0 Å². The van der Waals surface area contributed by atoms with Crippen molar-refractivity contribution in [3.63, 3.8) is 0 Å². The Morgan fingerprint density at radius 2 is 2.33 bits per heavy atom. The van der Waals surface area contributed by atoms with Gasteiger partial charge < -0.3 is 9.42 Å². The summed E-state index contributed by atoms with van der Waals surface area (Å²) in [6, 6.07) is 0. The predicted molar refractivity (Wildman–Crippen MR) is 55.0 cm³/mol. The Labute approximate surface area is 91.4 Å². The Kier molecular flexibility index (Phi) is 2.59. The van der Waals surface area contributed by atoms with E-state index in [0.717, 1.165) is 0 Å². The van der Waals surface area contributed by atoms with Crippen molar-refractivity contribution in [2.45, 2.75) is 6.54 Å². The largest absolute Gasteiger partial charge is 0.344 e. The fourth-order valence-corrected chi connectivity index (χ4v) is 1.21. The van der Waals surface area contributed by atoms with E-state index in [1.807, 2.05) is 14.1 Å². The molecule has 0 spiro atoms. The molecule has 2 heterocycles. The van der Waals surface area contributed by atoms with E-state index in [4.69, 9.17) is 16.1 Å². The van der Waals surface area contributed by atoms with Crippen molar-refractivity contribution in [2.24, 2.45) is 0 Å². The molecule has 0 aliphatic carbocycles. The van der Waals surface area contributed by atoms with E-state index >= 15 is 0 Å². The quantitative estimate of drug-likeness (QED) is 0.784. The highest BCUT2D eigenvalue weighted by Gasteiger charge is 2.08. The molecule has 0 N–H and O–H groups in total. The van der Waals surface area contributed by atoms with Crippen LogP contribution >= 0.6 is 11.6 Å². The van der Waals surface area contributed by atoms with Crippen LogP contribution in [-0.2, 0) is 6.54 Å². The van der Waals surface area contributed by atoms with Gasteiger partial charge in [-0.15, -0.1) is 0 Å². The average Bonchev–Trinajstić information content (AvgIpc) is 2.76. The number of nitrogens with zero attached hydrogens (tertiary/aromatic N) is 5. The Bertz CT molecular complexity index is 449. The standard InChI is InChI=1S/C8H10ClN5O/c1-13(2)8-11-7(15-12-8)5-14-4-6(9)3-10-14/h3-4H,5H2,1-2H3. The van der Waals surface area contributed by atoms with Crippen molar-refractivity contribution in [1.82, 2.24) is 19.9 Å². The highest BCUT2D eigenvalue weighted by atomic mass is 35.5. The van der Waals surface area contributed by atoms with Crippen LogP contribution in [0.5, 0.6) is 0 Å². The molecule has 7 heteroatoms. The molecule has 80 valence electrons. The minimum Gasteiger partial charge on any atom is -0.344 e. The SMILES string of the molecule is CN(C)c1noc(Cn2cc(Cl)cn2)n1. The zero-order valence-corrected chi connectivity index (χ0v) is 9.14. The second-order valence-electron chi connectivity index (χ2n) is 3.24. The molecule has 2 aromatic rings. The first-order valence-corrected chi connectivity index (χ1v) is 4.71. The smallest absolute Gasteiger partial charge is 0.265 e. The number of anilines is 1. The minimum atomic E-state index is 0.424. The summed E-state index contributed by atoms with van der Waals surface area (Å²) >= 11 is 5.72. The lowest BCUT2D eigenvalue weighted by Crippen LogP contribution is -2.10. The molecule has 0 atom stereocenters. The van der Waals surface area contributed by atoms with Crippen molar-refractivity contribution in [1.29, 1.82) is 0 Å². The molecule has 15 heavy (non-hydrogen) atoms. The van der Waals surface area contributed by atoms with Gasteiger partial charge in [0.15, 0.2) is 0 Å². The molecule has 2 rings (SSSR count). The average molecular weight is 228 g/mol. The van der Waals surface area contributed by atoms with Crippen LogP contribution in [0, 0.1) is 0 Å². The number of aromatic nitrogens is 4. The van der Waals surface area contributed by atoms with Gasteiger partial charge in [-0.25, -0.2) is 0 Å². The van der Waals surface area contributed by atoms with E-state index in [-0.39, 0.29) is 0 Å². The molecule has 0 aromatic carbocycles. The lowest BCUT2D eigenvalue weighted by atomic mass is 10.6. The second-order valence-corrected chi connectivity index (χ2v) is 3.68. The van der Waals surface area contributed by atoms with Gasteiger partial charge in [0.1, 0.15) is 6.54 Å². The fraction of sp³-hybridized carbons (Fsp3) is 0.375. The predicted octanol–water partition coefficient (Wildman–Crippen LogP) is 1.03. The van der Waals surface area contributed by atoms with E-state index < -0.39 is 0 Å². The second kappa shape index (κ2) is 3.90. The van der Waals surface area contributed by atoms with Gasteiger partial charge >= 0.3 is 0 Å². The van der Waals surface area contributed by atoms with Crippen LogP contribution in [0.4, 0.5) is 5.95 Å². The topological polar surface area (TPSA) is 60.0 Å². The van der Waals surface area contributed by atoms with Crippen molar-refractivity contribution in [2.75, 3.05) is 19.0 Å². The van der Waals surface area contributed by atoms with E-state index in [0.29, 0.717) is 23.4 Å². The molecule has 0 radical (unpaired) electrons. The molecule has 0 bridgehead atoms. The highest BCUT2D eigenvalue weighted by Crippen LogP contribution is 2.09. The third-order valence-electron chi connectivity index (χ3n) is 1.76. The first kappa shape index (κ1) is 9.97. The van der Waals surface area contributed by atoms with Crippen LogP contribution in [0.2, 0.25) is 5.02 Å². The lowest BCUT2D eigenvalue weighted by molar-refractivity contribution is 0.365. The van der Waals surface area contributed by atoms with Gasteiger partial charge in [0, 0.05) is 20.3 Å². The third-order valence-corrected chi connectivity index (χ3v) is 1.95. The van der Waals surface area contributed by atoms with E-state index in [1.165, 1.54) is 0 Å². The van der Waals surface area contributed by atoms with Gasteiger partial charge in [-0.3, -0.25) is 4.68 Å². The van der Waals surface area contributed by atoms with E-state index in [2.05, 4.69) is 15.2 Å². The number of hydrogen-bond donors (Lipinski definition) is 0. The highest BCUT2D eigenvalue weighted by molar-refractivity contribution is 6.30. The first-order chi connectivity index (χ1) is 7.15. The summed E-state index contributed by atoms with van der Waals surface area (Å²) in [4.78, 5) is 5.93. The molecule has 2 aromatic heterocycles. The number of hydrogen-bond acceptors (Lipinski definition) is 5. The molecular formula is C8H10ClN5O. The molecule has 0 amide bonds. The summed E-state index contributed by atoms with van der Waals surface area (Å²) in [5, 5.41) is 8.38. The van der Waals surface area contributed by atoms with Crippen molar-refractivity contribution >= 4 is 17.5 Å². The fourth-order valence-electron chi connectivity index (χ4n) is 1.06. The maximum atomic E-state index is 5.72. The number of halogens is 1. The maximum absolute atomic E-state index is 5.72. The van der Waals surface area contributed by atoms with Gasteiger partial charge in [0.05, 0.1) is 11.2 Å². The Morgan fingerprint density at radius 1 is 1.53 bits per heavy atom.